The third-order valence-electron chi connectivity index (χ3n) is 4.88. The van der Waals surface area contributed by atoms with Gasteiger partial charge in [-0.1, -0.05) is 18.2 Å². The van der Waals surface area contributed by atoms with Crippen molar-refractivity contribution in [2.75, 3.05) is 33.4 Å². The van der Waals surface area contributed by atoms with E-state index in [4.69, 9.17) is 4.74 Å². The zero-order chi connectivity index (χ0) is 20.4. The Morgan fingerprint density at radius 2 is 1.96 bits per heavy atom. The summed E-state index contributed by atoms with van der Waals surface area (Å²) in [4.78, 5) is 15.4. The summed E-state index contributed by atoms with van der Waals surface area (Å²) in [6, 6.07) is 4.77. The van der Waals surface area contributed by atoms with Crippen molar-refractivity contribution in [3.63, 3.8) is 0 Å². The van der Waals surface area contributed by atoms with Crippen LogP contribution < -0.4 is 0 Å². The van der Waals surface area contributed by atoms with Crippen LogP contribution in [0.15, 0.2) is 24.3 Å². The highest BCUT2D eigenvalue weighted by Crippen LogP contribution is 2.37. The number of hydrogen-bond donors (Lipinski definition) is 1. The molecule has 0 spiro atoms. The van der Waals surface area contributed by atoms with Crippen LogP contribution in [-0.2, 0) is 10.9 Å². The van der Waals surface area contributed by atoms with Crippen molar-refractivity contribution >= 4 is 6.09 Å². The monoisotopic (exact) mass is 388 g/mol. The lowest BCUT2D eigenvalue weighted by Crippen LogP contribution is -2.53. The molecule has 27 heavy (non-hydrogen) atoms. The number of methoxy groups -OCH3 is 1. The SMILES string of the molecule is COCCN1C[C@@H](N(C(=O)O)C(C)(C)C)[C@H](c2cccc(C(F)(F)F)c2)C1. The molecule has 5 nitrogen and oxygen atoms in total. The Balaban J connectivity index is 2.41. The van der Waals surface area contributed by atoms with Crippen LogP contribution in [0.25, 0.3) is 0 Å². The van der Waals surface area contributed by atoms with E-state index >= 15 is 0 Å². The maximum atomic E-state index is 13.1. The van der Waals surface area contributed by atoms with Gasteiger partial charge in [-0.25, -0.2) is 4.79 Å². The molecule has 152 valence electrons. The van der Waals surface area contributed by atoms with E-state index in [1.54, 1.807) is 33.9 Å². The summed E-state index contributed by atoms with van der Waals surface area (Å²) < 4.78 is 44.5. The summed E-state index contributed by atoms with van der Waals surface area (Å²) in [5.41, 5.74) is -0.884. The van der Waals surface area contributed by atoms with Gasteiger partial charge < -0.3 is 9.84 Å². The number of hydrogen-bond acceptors (Lipinski definition) is 3. The molecule has 2 atom stereocenters. The molecule has 1 heterocycles. The van der Waals surface area contributed by atoms with Crippen LogP contribution in [0, 0.1) is 0 Å². The Labute approximate surface area is 157 Å². The highest BCUT2D eigenvalue weighted by molar-refractivity contribution is 5.67. The van der Waals surface area contributed by atoms with Crippen molar-refractivity contribution < 1.29 is 27.8 Å². The average Bonchev–Trinajstić information content (AvgIpc) is 2.94. The van der Waals surface area contributed by atoms with E-state index in [1.165, 1.54) is 11.0 Å². The minimum Gasteiger partial charge on any atom is -0.465 e. The first-order chi connectivity index (χ1) is 12.4. The second-order valence-corrected chi connectivity index (χ2v) is 7.87. The fourth-order valence-electron chi connectivity index (χ4n) is 3.73. The fourth-order valence-corrected chi connectivity index (χ4v) is 3.73. The molecule has 1 aromatic carbocycles. The predicted octanol–water partition coefficient (Wildman–Crippen LogP) is 3.90. The molecule has 0 radical (unpaired) electrons. The minimum absolute atomic E-state index is 0.348. The van der Waals surface area contributed by atoms with Crippen molar-refractivity contribution in [3.05, 3.63) is 35.4 Å². The number of carboxylic acid groups (broad SMARTS) is 1. The third-order valence-corrected chi connectivity index (χ3v) is 4.88. The molecule has 1 saturated heterocycles. The largest absolute Gasteiger partial charge is 0.465 e. The Bertz CT molecular complexity index is 658. The van der Waals surface area contributed by atoms with Crippen LogP contribution in [0.3, 0.4) is 0 Å². The van der Waals surface area contributed by atoms with E-state index in [9.17, 15) is 23.1 Å². The Kier molecular flexibility index (Phi) is 6.42. The van der Waals surface area contributed by atoms with Crippen LogP contribution in [0.4, 0.5) is 18.0 Å². The number of alkyl halides is 3. The van der Waals surface area contributed by atoms with Crippen LogP contribution >= 0.6 is 0 Å². The number of nitrogens with zero attached hydrogens (tertiary/aromatic N) is 2. The Morgan fingerprint density at radius 1 is 1.30 bits per heavy atom. The maximum Gasteiger partial charge on any atom is 0.416 e. The van der Waals surface area contributed by atoms with Gasteiger partial charge in [-0.3, -0.25) is 9.80 Å². The molecule has 0 aliphatic carbocycles. The normalized spacial score (nSPS) is 21.4. The molecule has 8 heteroatoms. The topological polar surface area (TPSA) is 53.0 Å². The molecule has 1 aliphatic rings. The molecule has 2 rings (SSSR count). The quantitative estimate of drug-likeness (QED) is 0.831. The van der Waals surface area contributed by atoms with Gasteiger partial charge in [0.2, 0.25) is 0 Å². The Morgan fingerprint density at radius 3 is 2.48 bits per heavy atom. The van der Waals surface area contributed by atoms with Crippen molar-refractivity contribution in [1.82, 2.24) is 9.80 Å². The summed E-state index contributed by atoms with van der Waals surface area (Å²) in [7, 11) is 1.58. The number of carbonyl (C=O) groups is 1. The number of ether oxygens (including phenoxy) is 1. The van der Waals surface area contributed by atoms with Gasteiger partial charge in [0.15, 0.2) is 0 Å². The molecule has 1 fully saturated rings. The smallest absolute Gasteiger partial charge is 0.416 e. The zero-order valence-corrected chi connectivity index (χ0v) is 16.1. The van der Waals surface area contributed by atoms with E-state index in [0.29, 0.717) is 31.8 Å². The average molecular weight is 388 g/mol. The minimum atomic E-state index is -4.43. The van der Waals surface area contributed by atoms with Crippen molar-refractivity contribution in [1.29, 1.82) is 0 Å². The molecule has 0 bridgehead atoms. The summed E-state index contributed by atoms with van der Waals surface area (Å²) in [6.45, 7) is 7.39. The summed E-state index contributed by atoms with van der Waals surface area (Å²) in [6.07, 6.45) is -5.51. The molecule has 1 N–H and O–H groups in total. The molecule has 0 unspecified atom stereocenters. The van der Waals surface area contributed by atoms with E-state index in [0.717, 1.165) is 12.1 Å². The van der Waals surface area contributed by atoms with E-state index in [1.807, 2.05) is 4.90 Å². The lowest BCUT2D eigenvalue weighted by Gasteiger charge is -2.40. The highest BCUT2D eigenvalue weighted by atomic mass is 19.4. The molecule has 1 aromatic rings. The van der Waals surface area contributed by atoms with E-state index < -0.39 is 29.4 Å². The van der Waals surface area contributed by atoms with Gasteiger partial charge in [-0.15, -0.1) is 0 Å². The van der Waals surface area contributed by atoms with Gasteiger partial charge in [0, 0.05) is 38.2 Å². The van der Waals surface area contributed by atoms with Crippen LogP contribution in [0.5, 0.6) is 0 Å². The van der Waals surface area contributed by atoms with Crippen molar-refractivity contribution in [3.8, 4) is 0 Å². The second-order valence-electron chi connectivity index (χ2n) is 7.87. The molecule has 0 saturated carbocycles. The van der Waals surface area contributed by atoms with Gasteiger partial charge in [-0.05, 0) is 32.4 Å². The molecule has 1 aliphatic heterocycles. The fraction of sp³-hybridized carbons (Fsp3) is 0.632. The number of benzene rings is 1. The number of rotatable bonds is 5. The van der Waals surface area contributed by atoms with Crippen LogP contribution in [0.2, 0.25) is 0 Å². The zero-order valence-electron chi connectivity index (χ0n) is 16.1. The summed E-state index contributed by atoms with van der Waals surface area (Å²) >= 11 is 0. The number of amides is 1. The van der Waals surface area contributed by atoms with Crippen LogP contribution in [-0.4, -0.2) is 65.9 Å². The van der Waals surface area contributed by atoms with Gasteiger partial charge in [0.05, 0.1) is 18.2 Å². The maximum absolute atomic E-state index is 13.1. The third kappa shape index (κ3) is 5.13. The first-order valence-corrected chi connectivity index (χ1v) is 8.86. The van der Waals surface area contributed by atoms with Gasteiger partial charge in [0.25, 0.3) is 0 Å². The lowest BCUT2D eigenvalue weighted by molar-refractivity contribution is -0.137. The molecule has 1 amide bonds. The standard InChI is InChI=1S/C19H27F3N2O3/c1-18(2,3)24(17(25)26)16-12-23(8-9-27-4)11-15(16)13-6-5-7-14(10-13)19(20,21)22/h5-7,10,15-16H,8-9,11-12H2,1-4H3,(H,25,26)/t15-,16+/m0/s1. The van der Waals surface area contributed by atoms with Crippen LogP contribution in [0.1, 0.15) is 37.8 Å². The predicted molar refractivity (Wildman–Crippen MR) is 95.9 cm³/mol. The molecule has 0 aromatic heterocycles. The van der Waals surface area contributed by atoms with Gasteiger partial charge in [-0.2, -0.15) is 13.2 Å². The second kappa shape index (κ2) is 8.06. The first-order valence-electron chi connectivity index (χ1n) is 8.86. The van der Waals surface area contributed by atoms with Crippen molar-refractivity contribution in [2.24, 2.45) is 0 Å². The number of halogens is 3. The van der Waals surface area contributed by atoms with E-state index in [-0.39, 0.29) is 5.92 Å². The Hall–Kier alpha value is -1.80. The molecular formula is C19H27F3N2O3. The number of likely N-dealkylation sites (tertiary alicyclic amines) is 1. The van der Waals surface area contributed by atoms with E-state index in [2.05, 4.69) is 0 Å². The summed E-state index contributed by atoms with van der Waals surface area (Å²) in [5.74, 6) is -0.348. The van der Waals surface area contributed by atoms with Crippen molar-refractivity contribution in [2.45, 2.75) is 44.4 Å². The van der Waals surface area contributed by atoms with Gasteiger partial charge in [0.1, 0.15) is 0 Å². The summed E-state index contributed by atoms with van der Waals surface area (Å²) in [5, 5.41) is 9.78. The highest BCUT2D eigenvalue weighted by Gasteiger charge is 2.44. The first kappa shape index (κ1) is 21.5. The van der Waals surface area contributed by atoms with Gasteiger partial charge >= 0.3 is 12.3 Å². The lowest BCUT2D eigenvalue weighted by atomic mass is 9.89. The molecular weight excluding hydrogens is 361 g/mol.